The Hall–Kier alpha value is -2.53. The molecule has 1 nitrogen and oxygen atoms in total. The van der Waals surface area contributed by atoms with Crippen LogP contribution in [0.15, 0.2) is 0 Å². The second kappa shape index (κ2) is 9.26. The molecular weight excluding hydrogens is 539 g/mol. The summed E-state index contributed by atoms with van der Waals surface area (Å²) in [5.74, 6) is -24.9. The van der Waals surface area contributed by atoms with Crippen LogP contribution < -0.4 is 10.9 Å². The van der Waals surface area contributed by atoms with Gasteiger partial charge in [-0.1, -0.05) is 13.8 Å². The molecule has 0 amide bonds. The van der Waals surface area contributed by atoms with Crippen molar-refractivity contribution < 1.29 is 48.5 Å². The second-order valence-corrected chi connectivity index (χ2v) is 11.7. The molecule has 1 heterocycles. The molecule has 3 unspecified atom stereocenters. The summed E-state index contributed by atoms with van der Waals surface area (Å²) < 4.78 is 147. The van der Waals surface area contributed by atoms with Crippen LogP contribution in [-0.2, 0) is 0 Å². The largest absolute Gasteiger partial charge is 0.237 e. The van der Waals surface area contributed by atoms with Crippen molar-refractivity contribution >= 4 is 23.4 Å². The Morgan fingerprint density at radius 1 is 0.641 bits per heavy atom. The molecule has 39 heavy (non-hydrogen) atoms. The Morgan fingerprint density at radius 2 is 1.08 bits per heavy atom. The molecule has 1 aliphatic heterocycles. The number of fused-ring (bicyclic) bond motifs is 2. The van der Waals surface area contributed by atoms with Gasteiger partial charge in [0.2, 0.25) is 6.71 Å². The predicted molar refractivity (Wildman–Crippen MR) is 125 cm³/mol. The summed E-state index contributed by atoms with van der Waals surface area (Å²) >= 11 is 0. The van der Waals surface area contributed by atoms with Crippen LogP contribution in [0, 0.1) is 74.9 Å². The van der Waals surface area contributed by atoms with Crippen molar-refractivity contribution in [2.75, 3.05) is 13.1 Å². The maximum absolute atomic E-state index is 15.1. The third-order valence-corrected chi connectivity index (χ3v) is 9.93. The molecular formula is C27H25BF10N+. The maximum Gasteiger partial charge on any atom is 0.234 e. The van der Waals surface area contributed by atoms with E-state index in [2.05, 4.69) is 20.8 Å². The lowest BCUT2D eigenvalue weighted by molar-refractivity contribution is -0.541. The molecule has 210 valence electrons. The maximum atomic E-state index is 15.1. The van der Waals surface area contributed by atoms with Crippen LogP contribution in [0.2, 0.25) is 5.82 Å². The summed E-state index contributed by atoms with van der Waals surface area (Å²) in [5.41, 5.74) is -2.57. The number of rotatable bonds is 3. The third-order valence-electron chi connectivity index (χ3n) is 9.93. The molecule has 2 aromatic rings. The molecule has 3 fully saturated rings. The Balaban J connectivity index is 1.74. The molecule has 2 aliphatic carbocycles. The normalized spacial score (nSPS) is 27.9. The lowest BCUT2D eigenvalue weighted by Crippen LogP contribution is -2.56. The minimum Gasteiger partial charge on any atom is -0.237 e. The zero-order chi connectivity index (χ0) is 28.8. The smallest absolute Gasteiger partial charge is 0.234 e. The fourth-order valence-electron chi connectivity index (χ4n) is 7.34. The molecule has 1 saturated heterocycles. The second-order valence-electron chi connectivity index (χ2n) is 11.7. The van der Waals surface area contributed by atoms with Crippen molar-refractivity contribution in [3.8, 4) is 0 Å². The van der Waals surface area contributed by atoms with Gasteiger partial charge >= 0.3 is 0 Å². The quantitative estimate of drug-likeness (QED) is 0.138. The van der Waals surface area contributed by atoms with E-state index in [0.29, 0.717) is 25.3 Å². The van der Waals surface area contributed by atoms with Gasteiger partial charge in [-0.25, -0.2) is 48.5 Å². The monoisotopic (exact) mass is 564 g/mol. The lowest BCUT2D eigenvalue weighted by Gasteiger charge is -2.35. The highest BCUT2D eigenvalue weighted by Gasteiger charge is 2.63. The van der Waals surface area contributed by atoms with Crippen LogP contribution in [0.4, 0.5) is 43.9 Å². The minimum absolute atomic E-state index is 0.0169. The summed E-state index contributed by atoms with van der Waals surface area (Å²) in [4.78, 5) is 0. The highest BCUT2D eigenvalue weighted by atomic mass is 19.2. The van der Waals surface area contributed by atoms with E-state index in [9.17, 15) is 26.3 Å². The van der Waals surface area contributed by atoms with Gasteiger partial charge < -0.3 is 0 Å². The molecule has 0 spiro atoms. The summed E-state index contributed by atoms with van der Waals surface area (Å²) in [7, 11) is 0. The van der Waals surface area contributed by atoms with E-state index >= 15 is 17.6 Å². The number of halogens is 10. The van der Waals surface area contributed by atoms with E-state index in [1.165, 1.54) is 0 Å². The fraction of sp³-hybridized carbons (Fsp3) is 0.519. The Labute approximate surface area is 219 Å². The predicted octanol–water partition coefficient (Wildman–Crippen LogP) is 6.15. The molecule has 0 aromatic heterocycles. The molecule has 5 rings (SSSR count). The van der Waals surface area contributed by atoms with Crippen molar-refractivity contribution in [3.63, 3.8) is 0 Å². The fourth-order valence-corrected chi connectivity index (χ4v) is 7.34. The average Bonchev–Trinajstić information content (AvgIpc) is 3.26. The van der Waals surface area contributed by atoms with E-state index in [4.69, 9.17) is 0 Å². The summed E-state index contributed by atoms with van der Waals surface area (Å²) in [5, 5.41) is 0. The van der Waals surface area contributed by atoms with Crippen molar-refractivity contribution in [3.05, 3.63) is 58.2 Å². The zero-order valence-electron chi connectivity index (χ0n) is 21.4. The first kappa shape index (κ1) is 28.0. The number of hydrogen-bond donors (Lipinski definition) is 0. The molecule has 0 N–H and O–H groups in total. The summed E-state index contributed by atoms with van der Waals surface area (Å²) in [6.45, 7) is 4.34. The Morgan fingerprint density at radius 3 is 1.46 bits per heavy atom. The highest BCUT2D eigenvalue weighted by Crippen LogP contribution is 2.64. The van der Waals surface area contributed by atoms with Crippen LogP contribution in [0.25, 0.3) is 0 Å². The molecule has 12 heteroatoms. The average molecular weight is 564 g/mol. The molecule has 3 aliphatic rings. The minimum atomic E-state index is -2.50. The van der Waals surface area contributed by atoms with Gasteiger partial charge in [-0.15, -0.1) is 0 Å². The summed E-state index contributed by atoms with van der Waals surface area (Å²) in [6.07, 6.45) is 2.83. The van der Waals surface area contributed by atoms with Crippen LogP contribution in [0.1, 0.15) is 52.9 Å². The van der Waals surface area contributed by atoms with Crippen molar-refractivity contribution in [1.82, 2.24) is 0 Å². The topological polar surface area (TPSA) is 3.01 Å². The van der Waals surface area contributed by atoms with Crippen LogP contribution >= 0.6 is 0 Å². The van der Waals surface area contributed by atoms with Gasteiger partial charge in [0.25, 0.3) is 0 Å². The standard InChI is InChI=1S/C27H25BF10N/c1-26(2)11-6-7-27(26,3)13(9-11)39-8-4-5-12(10-39)28(14-16(29)20(33)24(37)21(34)17(14)30)15-18(31)22(35)25(38)23(36)19(15)32/h11-12H,4-10H2,1-3H3/q+1. The lowest BCUT2D eigenvalue weighted by atomic mass is 9.32. The number of hydrogen-bond acceptors (Lipinski definition) is 0. The zero-order valence-corrected chi connectivity index (χ0v) is 21.4. The molecule has 3 atom stereocenters. The van der Waals surface area contributed by atoms with Crippen molar-refractivity contribution in [1.29, 1.82) is 0 Å². The van der Waals surface area contributed by atoms with Gasteiger partial charge in [0.05, 0.1) is 5.41 Å². The van der Waals surface area contributed by atoms with Gasteiger partial charge in [0, 0.05) is 29.6 Å². The summed E-state index contributed by atoms with van der Waals surface area (Å²) in [6, 6.07) is 0. The first-order valence-corrected chi connectivity index (χ1v) is 12.8. The molecule has 2 aromatic carbocycles. The van der Waals surface area contributed by atoms with Gasteiger partial charge in [-0.05, 0) is 37.5 Å². The molecule has 2 saturated carbocycles. The van der Waals surface area contributed by atoms with Gasteiger partial charge in [0.15, 0.2) is 63.9 Å². The first-order chi connectivity index (χ1) is 18.1. The highest BCUT2D eigenvalue weighted by molar-refractivity contribution is 6.86. The third kappa shape index (κ3) is 3.79. The van der Waals surface area contributed by atoms with Crippen LogP contribution in [-0.4, -0.2) is 30.1 Å². The van der Waals surface area contributed by atoms with Crippen molar-refractivity contribution in [2.24, 2.45) is 16.7 Å². The SMILES string of the molecule is CC12CCC(CC1=[N+]1CCCC(B(c3c(F)c(F)c(F)c(F)c3F)c3c(F)c(F)c(F)c(F)c3F)C1)C2(C)C. The van der Waals surface area contributed by atoms with Crippen molar-refractivity contribution in [2.45, 2.75) is 58.7 Å². The number of nitrogens with zero attached hydrogens (tertiary/aromatic N) is 1. The first-order valence-electron chi connectivity index (χ1n) is 12.8. The Bertz CT molecular complexity index is 1290. The molecule has 0 radical (unpaired) electrons. The van der Waals surface area contributed by atoms with E-state index in [0.717, 1.165) is 18.6 Å². The van der Waals surface area contributed by atoms with Gasteiger partial charge in [-0.2, -0.15) is 0 Å². The van der Waals surface area contributed by atoms with Crippen LogP contribution in [0.3, 0.4) is 0 Å². The van der Waals surface area contributed by atoms with E-state index in [-0.39, 0.29) is 23.8 Å². The van der Waals surface area contributed by atoms with Gasteiger partial charge in [0.1, 0.15) is 13.1 Å². The van der Waals surface area contributed by atoms with E-state index in [1.54, 1.807) is 0 Å². The number of piperidine rings is 1. The molecule has 2 bridgehead atoms. The van der Waals surface area contributed by atoms with Crippen LogP contribution in [0.5, 0.6) is 0 Å². The number of benzene rings is 2. The van der Waals surface area contributed by atoms with Gasteiger partial charge in [-0.3, -0.25) is 0 Å². The Kier molecular flexibility index (Phi) is 6.65. The van der Waals surface area contributed by atoms with E-state index in [1.807, 2.05) is 4.58 Å². The van der Waals surface area contributed by atoms with E-state index < -0.39 is 81.6 Å².